The molecule has 0 spiro atoms. The molecule has 4 rings (SSSR count). The Labute approximate surface area is 164 Å². The average Bonchev–Trinajstić information content (AvgIpc) is 3.41. The summed E-state index contributed by atoms with van der Waals surface area (Å²) in [5.74, 6) is -0.288. The normalized spacial score (nSPS) is 16.0. The van der Waals surface area contributed by atoms with Gasteiger partial charge in [-0.1, -0.05) is 31.0 Å². The molecule has 0 bridgehead atoms. The number of halogens is 3. The highest BCUT2D eigenvalue weighted by Gasteiger charge is 2.44. The Morgan fingerprint density at radius 2 is 1.79 bits per heavy atom. The summed E-state index contributed by atoms with van der Waals surface area (Å²) < 4.78 is 41.0. The van der Waals surface area contributed by atoms with Crippen LogP contribution in [0.4, 0.5) is 18.9 Å². The number of hydrogen-bond donors (Lipinski definition) is 1. The average molecular weight is 401 g/mol. The summed E-state index contributed by atoms with van der Waals surface area (Å²) in [6.45, 7) is 0. The minimum absolute atomic E-state index is 0.288. The van der Waals surface area contributed by atoms with Crippen LogP contribution in [0.1, 0.15) is 36.8 Å². The minimum Gasteiger partial charge on any atom is -0.325 e. The topological polar surface area (TPSA) is 72.7 Å². The van der Waals surface area contributed by atoms with Gasteiger partial charge in [-0.05, 0) is 59.2 Å². The Balaban J connectivity index is 1.60. The van der Waals surface area contributed by atoms with E-state index < -0.39 is 17.2 Å². The lowest BCUT2D eigenvalue weighted by atomic mass is 9.77. The molecule has 2 aromatic carbocycles. The fourth-order valence-electron chi connectivity index (χ4n) is 3.85. The van der Waals surface area contributed by atoms with Gasteiger partial charge in [-0.25, -0.2) is 4.68 Å². The smallest absolute Gasteiger partial charge is 0.325 e. The van der Waals surface area contributed by atoms with Crippen molar-refractivity contribution in [3.8, 4) is 5.69 Å². The predicted molar refractivity (Wildman–Crippen MR) is 99.4 cm³/mol. The van der Waals surface area contributed by atoms with Crippen LogP contribution in [0, 0.1) is 0 Å². The monoisotopic (exact) mass is 401 g/mol. The van der Waals surface area contributed by atoms with Crippen LogP contribution in [0.25, 0.3) is 5.69 Å². The Hall–Kier alpha value is -3.23. The second-order valence-electron chi connectivity index (χ2n) is 7.12. The van der Waals surface area contributed by atoms with Crippen molar-refractivity contribution in [2.24, 2.45) is 0 Å². The Bertz CT molecular complexity index is 994. The minimum atomic E-state index is -4.45. The fourth-order valence-corrected chi connectivity index (χ4v) is 3.85. The van der Waals surface area contributed by atoms with Gasteiger partial charge >= 0.3 is 6.18 Å². The van der Waals surface area contributed by atoms with Crippen molar-refractivity contribution >= 4 is 11.6 Å². The molecule has 0 unspecified atom stereocenters. The van der Waals surface area contributed by atoms with Crippen molar-refractivity contribution in [1.29, 1.82) is 0 Å². The van der Waals surface area contributed by atoms with Crippen LogP contribution in [0.2, 0.25) is 0 Å². The highest BCUT2D eigenvalue weighted by atomic mass is 19.4. The quantitative estimate of drug-likeness (QED) is 0.714. The maximum Gasteiger partial charge on any atom is 0.416 e. The molecule has 9 heteroatoms. The summed E-state index contributed by atoms with van der Waals surface area (Å²) in [5.41, 5.74) is -0.00510. The molecular formula is C20H18F3N5O. The highest BCUT2D eigenvalue weighted by Crippen LogP contribution is 2.43. The molecule has 29 heavy (non-hydrogen) atoms. The third kappa shape index (κ3) is 3.72. The standard InChI is InChI=1S/C20H18F3N5O/c21-20(22,23)15-5-3-4-14(12-15)19(10-1-2-11-19)18(29)25-16-6-8-17(9-7-16)28-13-24-26-27-28/h3-9,12-13H,1-2,10-11H2,(H,25,29). The number of aromatic nitrogens is 4. The highest BCUT2D eigenvalue weighted by molar-refractivity contribution is 5.99. The van der Waals surface area contributed by atoms with Gasteiger partial charge in [-0.3, -0.25) is 4.79 Å². The molecule has 6 nitrogen and oxygen atoms in total. The number of hydrogen-bond acceptors (Lipinski definition) is 4. The summed E-state index contributed by atoms with van der Waals surface area (Å²) in [6.07, 6.45) is -0.372. The van der Waals surface area contributed by atoms with Crippen LogP contribution in [0.5, 0.6) is 0 Å². The molecule has 1 aliphatic rings. The molecule has 1 saturated carbocycles. The number of nitrogens with zero attached hydrogens (tertiary/aromatic N) is 4. The van der Waals surface area contributed by atoms with E-state index in [1.165, 1.54) is 17.1 Å². The maximum absolute atomic E-state index is 13.2. The number of anilines is 1. The summed E-state index contributed by atoms with van der Waals surface area (Å²) in [7, 11) is 0. The molecule has 3 aromatic rings. The number of carbonyl (C=O) groups is 1. The van der Waals surface area contributed by atoms with Gasteiger partial charge < -0.3 is 5.32 Å². The van der Waals surface area contributed by atoms with E-state index in [1.54, 1.807) is 30.3 Å². The molecule has 0 saturated heterocycles. The van der Waals surface area contributed by atoms with E-state index in [9.17, 15) is 18.0 Å². The van der Waals surface area contributed by atoms with Crippen LogP contribution < -0.4 is 5.32 Å². The van der Waals surface area contributed by atoms with E-state index in [4.69, 9.17) is 0 Å². The van der Waals surface area contributed by atoms with Gasteiger partial charge in [0.1, 0.15) is 6.33 Å². The molecular weight excluding hydrogens is 383 g/mol. The second kappa shape index (κ2) is 7.31. The number of benzene rings is 2. The van der Waals surface area contributed by atoms with Gasteiger partial charge in [0.25, 0.3) is 0 Å². The van der Waals surface area contributed by atoms with Crippen LogP contribution in [0.3, 0.4) is 0 Å². The molecule has 1 fully saturated rings. The second-order valence-corrected chi connectivity index (χ2v) is 7.12. The van der Waals surface area contributed by atoms with Crippen molar-refractivity contribution in [1.82, 2.24) is 20.2 Å². The van der Waals surface area contributed by atoms with E-state index in [0.717, 1.165) is 30.7 Å². The van der Waals surface area contributed by atoms with E-state index in [0.29, 0.717) is 24.1 Å². The Kier molecular flexibility index (Phi) is 4.81. The van der Waals surface area contributed by atoms with Crippen molar-refractivity contribution in [3.63, 3.8) is 0 Å². The van der Waals surface area contributed by atoms with Crippen molar-refractivity contribution in [2.45, 2.75) is 37.3 Å². The molecule has 150 valence electrons. The molecule has 0 atom stereocenters. The maximum atomic E-state index is 13.2. The van der Waals surface area contributed by atoms with Crippen LogP contribution >= 0.6 is 0 Å². The summed E-state index contributed by atoms with van der Waals surface area (Å²) in [5, 5.41) is 13.8. The van der Waals surface area contributed by atoms with Gasteiger partial charge in [-0.15, -0.1) is 5.10 Å². The third-order valence-corrected chi connectivity index (χ3v) is 5.37. The SMILES string of the molecule is O=C(Nc1ccc(-n2cnnn2)cc1)C1(c2cccc(C(F)(F)F)c2)CCCC1. The van der Waals surface area contributed by atoms with Crippen LogP contribution in [-0.4, -0.2) is 26.1 Å². The van der Waals surface area contributed by atoms with Gasteiger partial charge in [0, 0.05) is 5.69 Å². The van der Waals surface area contributed by atoms with Crippen molar-refractivity contribution in [2.75, 3.05) is 5.32 Å². The lowest BCUT2D eigenvalue weighted by Crippen LogP contribution is -2.38. The molecule has 1 N–H and O–H groups in total. The predicted octanol–water partition coefficient (Wildman–Crippen LogP) is 4.13. The summed E-state index contributed by atoms with van der Waals surface area (Å²) in [6, 6.07) is 12.0. The zero-order valence-electron chi connectivity index (χ0n) is 15.4. The largest absolute Gasteiger partial charge is 0.416 e. The van der Waals surface area contributed by atoms with Gasteiger partial charge in [-0.2, -0.15) is 13.2 Å². The number of rotatable bonds is 4. The lowest BCUT2D eigenvalue weighted by molar-refractivity contribution is -0.137. The first-order valence-electron chi connectivity index (χ1n) is 9.21. The molecule has 1 aliphatic carbocycles. The molecule has 0 radical (unpaired) electrons. The number of carbonyl (C=O) groups excluding carboxylic acids is 1. The number of tetrazole rings is 1. The van der Waals surface area contributed by atoms with Gasteiger partial charge in [0.05, 0.1) is 16.7 Å². The molecule has 1 heterocycles. The van der Waals surface area contributed by atoms with E-state index >= 15 is 0 Å². The third-order valence-electron chi connectivity index (χ3n) is 5.37. The van der Waals surface area contributed by atoms with Gasteiger partial charge in [0.15, 0.2) is 0 Å². The number of nitrogens with one attached hydrogen (secondary N) is 1. The first kappa shape index (κ1) is 19.1. The van der Waals surface area contributed by atoms with Crippen molar-refractivity contribution < 1.29 is 18.0 Å². The fraction of sp³-hybridized carbons (Fsp3) is 0.300. The Morgan fingerprint density at radius 3 is 2.41 bits per heavy atom. The molecule has 1 amide bonds. The van der Waals surface area contributed by atoms with E-state index in [1.807, 2.05) is 0 Å². The number of amides is 1. The van der Waals surface area contributed by atoms with E-state index in [-0.39, 0.29) is 5.91 Å². The van der Waals surface area contributed by atoms with Gasteiger partial charge in [0.2, 0.25) is 5.91 Å². The first-order valence-corrected chi connectivity index (χ1v) is 9.21. The molecule has 0 aliphatic heterocycles. The van der Waals surface area contributed by atoms with E-state index in [2.05, 4.69) is 20.8 Å². The summed E-state index contributed by atoms with van der Waals surface area (Å²) >= 11 is 0. The lowest BCUT2D eigenvalue weighted by Gasteiger charge is -2.29. The van der Waals surface area contributed by atoms with Crippen LogP contribution in [0.15, 0.2) is 54.9 Å². The Morgan fingerprint density at radius 1 is 1.07 bits per heavy atom. The zero-order valence-corrected chi connectivity index (χ0v) is 15.4. The first-order chi connectivity index (χ1) is 13.9. The molecule has 1 aromatic heterocycles. The van der Waals surface area contributed by atoms with Crippen LogP contribution in [-0.2, 0) is 16.4 Å². The zero-order chi connectivity index (χ0) is 20.5. The van der Waals surface area contributed by atoms with Crippen molar-refractivity contribution in [3.05, 3.63) is 66.0 Å². The summed E-state index contributed by atoms with van der Waals surface area (Å²) in [4.78, 5) is 13.2. The number of alkyl halides is 3.